The summed E-state index contributed by atoms with van der Waals surface area (Å²) in [5.41, 5.74) is 1.71. The molecular weight excluding hydrogens is 310 g/mol. The number of nitrogens with zero attached hydrogens (tertiary/aromatic N) is 2. The molecule has 2 aromatic carbocycles. The summed E-state index contributed by atoms with van der Waals surface area (Å²) in [5, 5.41) is 1.13. The van der Waals surface area contributed by atoms with E-state index in [0.717, 1.165) is 0 Å². The Hall–Kier alpha value is -2.17. The quantitative estimate of drug-likeness (QED) is 0.793. The highest BCUT2D eigenvalue weighted by molar-refractivity contribution is 6.31. The maximum absolute atomic E-state index is 12.2. The second-order valence-electron chi connectivity index (χ2n) is 5.68. The number of rotatable bonds is 4. The van der Waals surface area contributed by atoms with Gasteiger partial charge in [-0.3, -0.25) is 9.69 Å². The van der Waals surface area contributed by atoms with Crippen molar-refractivity contribution in [1.29, 1.82) is 0 Å². The van der Waals surface area contributed by atoms with Gasteiger partial charge >= 0.3 is 0 Å². The van der Waals surface area contributed by atoms with Gasteiger partial charge in [0.2, 0.25) is 0 Å². The fraction of sp³-hybridized carbons (Fsp3) is 0.222. The topological polar surface area (TPSA) is 49.0 Å². The molecule has 1 unspecified atom stereocenters. The number of aromatic amines is 1. The average molecular weight is 328 g/mol. The zero-order valence-corrected chi connectivity index (χ0v) is 13.8. The summed E-state index contributed by atoms with van der Waals surface area (Å²) in [4.78, 5) is 21.7. The number of hydrogen-bond donors (Lipinski definition) is 1. The summed E-state index contributed by atoms with van der Waals surface area (Å²) in [7, 11) is 2.01. The Labute approximate surface area is 139 Å². The van der Waals surface area contributed by atoms with E-state index < -0.39 is 0 Å². The van der Waals surface area contributed by atoms with Crippen molar-refractivity contribution < 1.29 is 0 Å². The van der Waals surface area contributed by atoms with Crippen molar-refractivity contribution >= 4 is 22.5 Å². The van der Waals surface area contributed by atoms with Crippen molar-refractivity contribution in [1.82, 2.24) is 14.9 Å². The lowest BCUT2D eigenvalue weighted by Gasteiger charge is -2.24. The fourth-order valence-corrected chi connectivity index (χ4v) is 2.76. The Morgan fingerprint density at radius 2 is 1.96 bits per heavy atom. The normalized spacial score (nSPS) is 12.7. The van der Waals surface area contributed by atoms with Crippen molar-refractivity contribution in [2.45, 2.75) is 19.5 Å². The maximum atomic E-state index is 12.2. The minimum absolute atomic E-state index is 0.137. The van der Waals surface area contributed by atoms with E-state index in [2.05, 4.69) is 33.9 Å². The van der Waals surface area contributed by atoms with Gasteiger partial charge in [-0.1, -0.05) is 41.9 Å². The Kier molecular flexibility index (Phi) is 4.46. The third-order valence-electron chi connectivity index (χ3n) is 4.06. The lowest BCUT2D eigenvalue weighted by atomic mass is 10.1. The molecule has 0 bridgehead atoms. The Balaban J connectivity index is 1.87. The van der Waals surface area contributed by atoms with E-state index in [-0.39, 0.29) is 11.6 Å². The minimum Gasteiger partial charge on any atom is -0.309 e. The first-order chi connectivity index (χ1) is 11.0. The molecule has 118 valence electrons. The van der Waals surface area contributed by atoms with Crippen LogP contribution in [0.1, 0.15) is 24.4 Å². The number of hydrogen-bond acceptors (Lipinski definition) is 3. The molecule has 4 nitrogen and oxygen atoms in total. The Morgan fingerprint density at radius 3 is 2.70 bits per heavy atom. The second kappa shape index (κ2) is 6.52. The van der Waals surface area contributed by atoms with Crippen LogP contribution in [-0.4, -0.2) is 21.9 Å². The first kappa shape index (κ1) is 15.7. The van der Waals surface area contributed by atoms with Crippen LogP contribution in [0.15, 0.2) is 53.3 Å². The zero-order valence-electron chi connectivity index (χ0n) is 13.1. The minimum atomic E-state index is -0.137. The lowest BCUT2D eigenvalue weighted by molar-refractivity contribution is 0.247. The summed E-state index contributed by atoms with van der Waals surface area (Å²) < 4.78 is 0. The highest BCUT2D eigenvalue weighted by Gasteiger charge is 2.13. The number of aromatic nitrogens is 2. The van der Waals surface area contributed by atoms with Crippen LogP contribution in [-0.2, 0) is 6.54 Å². The van der Waals surface area contributed by atoms with E-state index in [1.165, 1.54) is 5.56 Å². The smallest absolute Gasteiger partial charge is 0.258 e. The molecule has 0 aliphatic heterocycles. The third-order valence-corrected chi connectivity index (χ3v) is 4.30. The molecule has 1 aromatic heterocycles. The predicted octanol–water partition coefficient (Wildman–Crippen LogP) is 3.77. The maximum Gasteiger partial charge on any atom is 0.258 e. The third kappa shape index (κ3) is 3.44. The van der Waals surface area contributed by atoms with Gasteiger partial charge in [0.1, 0.15) is 5.82 Å². The van der Waals surface area contributed by atoms with Gasteiger partial charge in [0.05, 0.1) is 17.4 Å². The van der Waals surface area contributed by atoms with Gasteiger partial charge < -0.3 is 4.98 Å². The first-order valence-electron chi connectivity index (χ1n) is 7.48. The van der Waals surface area contributed by atoms with E-state index in [4.69, 9.17) is 11.6 Å². The van der Waals surface area contributed by atoms with Crippen LogP contribution in [0.4, 0.5) is 0 Å². The van der Waals surface area contributed by atoms with Crippen LogP contribution in [0.5, 0.6) is 0 Å². The van der Waals surface area contributed by atoms with Crippen LogP contribution in [0.25, 0.3) is 10.9 Å². The summed E-state index contributed by atoms with van der Waals surface area (Å²) in [6, 6.07) is 15.6. The number of halogens is 1. The molecule has 5 heteroatoms. The van der Waals surface area contributed by atoms with E-state index >= 15 is 0 Å². The monoisotopic (exact) mass is 327 g/mol. The summed E-state index contributed by atoms with van der Waals surface area (Å²) in [6.07, 6.45) is 0. The van der Waals surface area contributed by atoms with Gasteiger partial charge in [0, 0.05) is 11.1 Å². The van der Waals surface area contributed by atoms with Crippen LogP contribution in [0, 0.1) is 0 Å². The molecule has 0 radical (unpaired) electrons. The van der Waals surface area contributed by atoms with Gasteiger partial charge in [-0.15, -0.1) is 0 Å². The highest BCUT2D eigenvalue weighted by atomic mass is 35.5. The second-order valence-corrected chi connectivity index (χ2v) is 6.11. The molecule has 0 spiro atoms. The summed E-state index contributed by atoms with van der Waals surface area (Å²) >= 11 is 6.00. The van der Waals surface area contributed by atoms with Crippen molar-refractivity contribution in [2.75, 3.05) is 7.05 Å². The van der Waals surface area contributed by atoms with E-state index in [1.807, 2.05) is 25.2 Å². The van der Waals surface area contributed by atoms with E-state index in [9.17, 15) is 4.79 Å². The molecule has 1 N–H and O–H groups in total. The van der Waals surface area contributed by atoms with Crippen LogP contribution < -0.4 is 5.56 Å². The molecule has 0 aliphatic rings. The van der Waals surface area contributed by atoms with Crippen LogP contribution in [0.3, 0.4) is 0 Å². The standard InChI is InChI=1S/C18H18ClN3O/c1-12(13-6-4-3-5-7-13)22(2)11-17-20-16-10-14(19)8-9-15(16)18(23)21-17/h3-10,12H,11H2,1-2H3,(H,20,21,23). The summed E-state index contributed by atoms with van der Waals surface area (Å²) in [5.74, 6) is 0.634. The molecule has 23 heavy (non-hydrogen) atoms. The molecule has 3 rings (SSSR count). The Bertz CT molecular complexity index is 876. The predicted molar refractivity (Wildman–Crippen MR) is 93.7 cm³/mol. The van der Waals surface area contributed by atoms with Crippen molar-refractivity contribution in [2.24, 2.45) is 0 Å². The molecule has 0 saturated carbocycles. The zero-order chi connectivity index (χ0) is 16.4. The molecule has 0 amide bonds. The van der Waals surface area contributed by atoms with Crippen molar-refractivity contribution in [3.63, 3.8) is 0 Å². The number of H-pyrrole nitrogens is 1. The van der Waals surface area contributed by atoms with Crippen LogP contribution in [0.2, 0.25) is 5.02 Å². The van der Waals surface area contributed by atoms with Gasteiger partial charge in [0.15, 0.2) is 0 Å². The SMILES string of the molecule is CC(c1ccccc1)N(C)Cc1nc2cc(Cl)ccc2c(=O)[nH]1. The van der Waals surface area contributed by atoms with Crippen molar-refractivity contribution in [3.05, 3.63) is 75.3 Å². The fourth-order valence-electron chi connectivity index (χ4n) is 2.60. The first-order valence-corrected chi connectivity index (χ1v) is 7.86. The molecule has 1 heterocycles. The molecule has 0 aliphatic carbocycles. The van der Waals surface area contributed by atoms with Crippen LogP contribution >= 0.6 is 11.6 Å². The molecule has 1 atom stereocenters. The van der Waals surface area contributed by atoms with Crippen molar-refractivity contribution in [3.8, 4) is 0 Å². The lowest BCUT2D eigenvalue weighted by Crippen LogP contribution is -2.25. The van der Waals surface area contributed by atoms with E-state index in [1.54, 1.807) is 18.2 Å². The number of nitrogens with one attached hydrogen (secondary N) is 1. The Morgan fingerprint density at radius 1 is 1.22 bits per heavy atom. The van der Waals surface area contributed by atoms with Gasteiger partial charge in [-0.05, 0) is 37.7 Å². The van der Waals surface area contributed by atoms with E-state index in [0.29, 0.717) is 28.3 Å². The van der Waals surface area contributed by atoms with Gasteiger partial charge in [-0.2, -0.15) is 0 Å². The number of fused-ring (bicyclic) bond motifs is 1. The average Bonchev–Trinajstić information content (AvgIpc) is 2.54. The van der Waals surface area contributed by atoms with Gasteiger partial charge in [0.25, 0.3) is 5.56 Å². The van der Waals surface area contributed by atoms with Gasteiger partial charge in [-0.25, -0.2) is 4.98 Å². The molecule has 0 saturated heterocycles. The molecule has 0 fully saturated rings. The molecule has 3 aromatic rings. The largest absolute Gasteiger partial charge is 0.309 e. The number of benzene rings is 2. The highest BCUT2D eigenvalue weighted by Crippen LogP contribution is 2.20. The summed E-state index contributed by atoms with van der Waals surface area (Å²) in [6.45, 7) is 2.68. The molecular formula is C18H18ClN3O.